The molecule has 1 N–H and O–H groups in total. The smallest absolute Gasteiger partial charge is 0.242 e. The monoisotopic (exact) mass is 456 g/mol. The molecule has 0 bridgehead atoms. The molecule has 1 atom stereocenters. The summed E-state index contributed by atoms with van der Waals surface area (Å²) in [5, 5.41) is 3.80. The first-order chi connectivity index (χ1) is 15.4. The van der Waals surface area contributed by atoms with Gasteiger partial charge in [-0.15, -0.1) is 0 Å². The second-order valence-electron chi connectivity index (χ2n) is 8.52. The average Bonchev–Trinajstić information content (AvgIpc) is 3.30. The number of hydrogen-bond donors (Lipinski definition) is 1. The van der Waals surface area contributed by atoms with Gasteiger partial charge in [-0.2, -0.15) is 0 Å². The van der Waals surface area contributed by atoms with E-state index in [0.29, 0.717) is 31.0 Å². The van der Waals surface area contributed by atoms with Gasteiger partial charge < -0.3 is 15.0 Å². The number of nitrogens with one attached hydrogen (secondary N) is 1. The van der Waals surface area contributed by atoms with E-state index in [0.717, 1.165) is 42.6 Å². The van der Waals surface area contributed by atoms with E-state index in [1.165, 1.54) is 0 Å². The molecule has 32 heavy (non-hydrogen) atoms. The van der Waals surface area contributed by atoms with Crippen molar-refractivity contribution in [3.05, 3.63) is 64.7 Å². The Labute approximate surface area is 196 Å². The molecule has 6 heteroatoms. The Bertz CT molecular complexity index is 894. The Morgan fingerprint density at radius 1 is 1.12 bits per heavy atom. The van der Waals surface area contributed by atoms with E-state index in [2.05, 4.69) is 5.32 Å². The Hall–Kier alpha value is -2.53. The summed E-state index contributed by atoms with van der Waals surface area (Å²) in [5.74, 6) is 0.612. The van der Waals surface area contributed by atoms with Crippen LogP contribution in [-0.4, -0.2) is 35.4 Å². The Morgan fingerprint density at radius 2 is 1.81 bits per heavy atom. The Morgan fingerprint density at radius 3 is 2.50 bits per heavy atom. The summed E-state index contributed by atoms with van der Waals surface area (Å²) in [4.78, 5) is 27.8. The summed E-state index contributed by atoms with van der Waals surface area (Å²) in [6.07, 6.45) is 5.24. The quantitative estimate of drug-likeness (QED) is 0.494. The molecule has 0 aromatic heterocycles. The first-order valence-corrected chi connectivity index (χ1v) is 11.8. The standard InChI is InChI=1S/C26H33ClN2O3/c1-19-8-3-4-9-21(19)18-29(20(2)26(31)28-23-10-5-6-11-23)25(30)12-7-17-32-24-15-13-22(27)14-16-24/h3-4,8-9,13-16,20,23H,5-7,10-12,17-18H2,1-2H3,(H,28,31)/t20-/m1/s1. The van der Waals surface area contributed by atoms with Gasteiger partial charge in [0, 0.05) is 24.0 Å². The van der Waals surface area contributed by atoms with Crippen molar-refractivity contribution in [1.29, 1.82) is 0 Å². The molecule has 2 aromatic rings. The van der Waals surface area contributed by atoms with Gasteiger partial charge in [0.15, 0.2) is 0 Å². The van der Waals surface area contributed by atoms with E-state index in [4.69, 9.17) is 16.3 Å². The van der Waals surface area contributed by atoms with Crippen molar-refractivity contribution in [3.8, 4) is 5.75 Å². The molecule has 1 saturated carbocycles. The van der Waals surface area contributed by atoms with Crippen LogP contribution in [0.2, 0.25) is 5.02 Å². The highest BCUT2D eigenvalue weighted by Gasteiger charge is 2.28. The molecule has 5 nitrogen and oxygen atoms in total. The summed E-state index contributed by atoms with van der Waals surface area (Å²) < 4.78 is 5.72. The van der Waals surface area contributed by atoms with E-state index in [1.807, 2.05) is 50.2 Å². The van der Waals surface area contributed by atoms with Crippen LogP contribution in [0.1, 0.15) is 56.6 Å². The van der Waals surface area contributed by atoms with Crippen LogP contribution in [0.25, 0.3) is 0 Å². The lowest BCUT2D eigenvalue weighted by Crippen LogP contribution is -2.49. The van der Waals surface area contributed by atoms with E-state index < -0.39 is 6.04 Å². The van der Waals surface area contributed by atoms with Gasteiger partial charge in [0.05, 0.1) is 6.61 Å². The molecular formula is C26H33ClN2O3. The van der Waals surface area contributed by atoms with Gasteiger partial charge in [-0.05, 0) is 68.5 Å². The topological polar surface area (TPSA) is 58.6 Å². The SMILES string of the molecule is Cc1ccccc1CN(C(=O)CCCOc1ccc(Cl)cc1)[C@H](C)C(=O)NC1CCCC1. The summed E-state index contributed by atoms with van der Waals surface area (Å²) in [6.45, 7) is 4.70. The number of halogens is 1. The zero-order chi connectivity index (χ0) is 22.9. The van der Waals surface area contributed by atoms with Gasteiger partial charge >= 0.3 is 0 Å². The maximum absolute atomic E-state index is 13.2. The van der Waals surface area contributed by atoms with Gasteiger partial charge in [-0.25, -0.2) is 0 Å². The van der Waals surface area contributed by atoms with Gasteiger partial charge in [-0.3, -0.25) is 9.59 Å². The van der Waals surface area contributed by atoms with Crippen molar-refractivity contribution >= 4 is 23.4 Å². The third-order valence-electron chi connectivity index (χ3n) is 6.09. The van der Waals surface area contributed by atoms with Crippen molar-refractivity contribution in [2.45, 2.75) is 71.0 Å². The number of nitrogens with zero attached hydrogens (tertiary/aromatic N) is 1. The molecule has 1 aliphatic rings. The summed E-state index contributed by atoms with van der Waals surface area (Å²) in [5.41, 5.74) is 2.17. The molecule has 172 valence electrons. The average molecular weight is 457 g/mol. The van der Waals surface area contributed by atoms with E-state index in [1.54, 1.807) is 17.0 Å². The lowest BCUT2D eigenvalue weighted by atomic mass is 10.1. The van der Waals surface area contributed by atoms with Crippen LogP contribution in [-0.2, 0) is 16.1 Å². The number of carbonyl (C=O) groups excluding carboxylic acids is 2. The lowest BCUT2D eigenvalue weighted by molar-refractivity contribution is -0.141. The zero-order valence-corrected chi connectivity index (χ0v) is 19.7. The van der Waals surface area contributed by atoms with Crippen molar-refractivity contribution in [3.63, 3.8) is 0 Å². The van der Waals surface area contributed by atoms with Crippen LogP contribution >= 0.6 is 11.6 Å². The Balaban J connectivity index is 1.60. The first kappa shape index (κ1) is 24.1. The molecular weight excluding hydrogens is 424 g/mol. The predicted molar refractivity (Wildman–Crippen MR) is 128 cm³/mol. The number of hydrogen-bond acceptors (Lipinski definition) is 3. The number of benzene rings is 2. The number of amides is 2. The summed E-state index contributed by atoms with van der Waals surface area (Å²) in [7, 11) is 0. The second-order valence-corrected chi connectivity index (χ2v) is 8.96. The van der Waals surface area contributed by atoms with E-state index in [-0.39, 0.29) is 17.9 Å². The minimum atomic E-state index is -0.528. The minimum absolute atomic E-state index is 0.0398. The van der Waals surface area contributed by atoms with E-state index >= 15 is 0 Å². The van der Waals surface area contributed by atoms with Crippen molar-refractivity contribution < 1.29 is 14.3 Å². The molecule has 0 spiro atoms. The zero-order valence-electron chi connectivity index (χ0n) is 19.0. The summed E-state index contributed by atoms with van der Waals surface area (Å²) in [6, 6.07) is 14.9. The van der Waals surface area contributed by atoms with Crippen molar-refractivity contribution in [1.82, 2.24) is 10.2 Å². The van der Waals surface area contributed by atoms with Crippen molar-refractivity contribution in [2.75, 3.05) is 6.61 Å². The molecule has 0 radical (unpaired) electrons. The fraction of sp³-hybridized carbons (Fsp3) is 0.462. The molecule has 0 saturated heterocycles. The highest BCUT2D eigenvalue weighted by atomic mass is 35.5. The van der Waals surface area contributed by atoms with Crippen LogP contribution in [0.5, 0.6) is 5.75 Å². The van der Waals surface area contributed by atoms with Gasteiger partial charge in [0.25, 0.3) is 0 Å². The second kappa shape index (κ2) is 11.9. The minimum Gasteiger partial charge on any atom is -0.494 e. The fourth-order valence-corrected chi connectivity index (χ4v) is 4.16. The fourth-order valence-electron chi connectivity index (χ4n) is 4.03. The predicted octanol–water partition coefficient (Wildman–Crippen LogP) is 5.28. The van der Waals surface area contributed by atoms with Crippen LogP contribution in [0.4, 0.5) is 0 Å². The third kappa shape index (κ3) is 6.99. The number of rotatable bonds is 10. The van der Waals surface area contributed by atoms with Gasteiger partial charge in [0.1, 0.15) is 11.8 Å². The lowest BCUT2D eigenvalue weighted by Gasteiger charge is -2.30. The molecule has 2 amide bonds. The molecule has 1 aliphatic carbocycles. The highest BCUT2D eigenvalue weighted by molar-refractivity contribution is 6.30. The Kier molecular flexibility index (Phi) is 8.98. The number of carbonyl (C=O) groups is 2. The molecule has 0 heterocycles. The highest BCUT2D eigenvalue weighted by Crippen LogP contribution is 2.20. The van der Waals surface area contributed by atoms with E-state index in [9.17, 15) is 9.59 Å². The number of aryl methyl sites for hydroxylation is 1. The normalized spacial score (nSPS) is 14.7. The molecule has 1 fully saturated rings. The third-order valence-corrected chi connectivity index (χ3v) is 6.34. The maximum Gasteiger partial charge on any atom is 0.242 e. The first-order valence-electron chi connectivity index (χ1n) is 11.5. The van der Waals surface area contributed by atoms with Crippen LogP contribution in [0, 0.1) is 6.92 Å². The van der Waals surface area contributed by atoms with Crippen LogP contribution in [0.3, 0.4) is 0 Å². The summed E-state index contributed by atoms with van der Waals surface area (Å²) >= 11 is 5.90. The van der Waals surface area contributed by atoms with Crippen LogP contribution < -0.4 is 10.1 Å². The molecule has 0 aliphatic heterocycles. The largest absolute Gasteiger partial charge is 0.494 e. The maximum atomic E-state index is 13.2. The molecule has 2 aromatic carbocycles. The number of ether oxygens (including phenoxy) is 1. The van der Waals surface area contributed by atoms with Crippen LogP contribution in [0.15, 0.2) is 48.5 Å². The van der Waals surface area contributed by atoms with Crippen molar-refractivity contribution in [2.24, 2.45) is 0 Å². The molecule has 0 unspecified atom stereocenters. The van der Waals surface area contributed by atoms with Gasteiger partial charge in [-0.1, -0.05) is 48.7 Å². The molecule has 3 rings (SSSR count). The van der Waals surface area contributed by atoms with Gasteiger partial charge in [0.2, 0.25) is 11.8 Å².